The standard InChI is InChI=1S/C29H33NO2/c1-8-19-13-24-21(14-23(19)20-9-11-22(32-7)12-10-20)15-28(29(4,5)6)30-17-25(18(2)3)27(31)16-26(24)30/h9-14,16-17,28H,2,8,15H2,1,3-7H3. The molecule has 3 nitrogen and oxygen atoms in total. The lowest BCUT2D eigenvalue weighted by Crippen LogP contribution is -2.32. The van der Waals surface area contributed by atoms with Gasteiger partial charge in [0.1, 0.15) is 5.75 Å². The van der Waals surface area contributed by atoms with Gasteiger partial charge in [0.25, 0.3) is 0 Å². The first-order chi connectivity index (χ1) is 15.1. The number of hydrogen-bond acceptors (Lipinski definition) is 2. The van der Waals surface area contributed by atoms with Crippen molar-refractivity contribution in [3.05, 3.63) is 82.2 Å². The molecule has 3 aromatic rings. The minimum absolute atomic E-state index is 0.0392. The third-order valence-corrected chi connectivity index (χ3v) is 6.68. The van der Waals surface area contributed by atoms with E-state index >= 15 is 0 Å². The second kappa shape index (κ2) is 8.12. The van der Waals surface area contributed by atoms with Crippen LogP contribution in [0.5, 0.6) is 5.75 Å². The van der Waals surface area contributed by atoms with Crippen molar-refractivity contribution in [1.82, 2.24) is 4.57 Å². The van der Waals surface area contributed by atoms with E-state index in [4.69, 9.17) is 4.74 Å². The molecule has 1 unspecified atom stereocenters. The molecule has 0 fully saturated rings. The van der Waals surface area contributed by atoms with Crippen LogP contribution >= 0.6 is 0 Å². The zero-order valence-corrected chi connectivity index (χ0v) is 20.1. The number of methoxy groups -OCH3 is 1. The molecule has 1 aromatic heterocycles. The maximum Gasteiger partial charge on any atom is 0.189 e. The molecule has 1 aliphatic heterocycles. The molecule has 0 saturated carbocycles. The van der Waals surface area contributed by atoms with Gasteiger partial charge in [0.05, 0.1) is 12.8 Å². The maximum absolute atomic E-state index is 12.9. The summed E-state index contributed by atoms with van der Waals surface area (Å²) >= 11 is 0. The molecule has 0 N–H and O–H groups in total. The Balaban J connectivity index is 1.96. The molecular weight excluding hydrogens is 394 g/mol. The summed E-state index contributed by atoms with van der Waals surface area (Å²) in [5.74, 6) is 0.860. The molecular formula is C29H33NO2. The lowest BCUT2D eigenvalue weighted by molar-refractivity contribution is 0.237. The Labute approximate surface area is 191 Å². The Morgan fingerprint density at radius 2 is 1.81 bits per heavy atom. The zero-order valence-electron chi connectivity index (χ0n) is 20.1. The van der Waals surface area contributed by atoms with Crippen LogP contribution in [0.25, 0.3) is 28.0 Å². The van der Waals surface area contributed by atoms with Gasteiger partial charge < -0.3 is 9.30 Å². The molecule has 0 bridgehead atoms. The molecule has 0 amide bonds. The van der Waals surface area contributed by atoms with Gasteiger partial charge in [-0.05, 0) is 71.2 Å². The summed E-state index contributed by atoms with van der Waals surface area (Å²) in [7, 11) is 1.69. The molecule has 4 rings (SSSR count). The fourth-order valence-corrected chi connectivity index (χ4v) is 4.80. The van der Waals surface area contributed by atoms with Crippen molar-refractivity contribution in [2.45, 2.75) is 53.5 Å². The molecule has 166 valence electrons. The summed E-state index contributed by atoms with van der Waals surface area (Å²) in [6, 6.07) is 15.0. The van der Waals surface area contributed by atoms with E-state index in [-0.39, 0.29) is 16.9 Å². The molecule has 0 radical (unpaired) electrons. The fourth-order valence-electron chi connectivity index (χ4n) is 4.80. The number of aryl methyl sites for hydroxylation is 1. The number of aromatic nitrogens is 1. The molecule has 1 aliphatic rings. The quantitative estimate of drug-likeness (QED) is 0.452. The highest BCUT2D eigenvalue weighted by molar-refractivity contribution is 5.77. The van der Waals surface area contributed by atoms with E-state index in [0.717, 1.165) is 29.9 Å². The van der Waals surface area contributed by atoms with E-state index in [2.05, 4.69) is 63.1 Å². The SMILES string of the molecule is C=C(C)c1cn2c(cc1=O)-c1cc(CC)c(-c3ccc(OC)cc3)cc1CC2C(C)(C)C. The van der Waals surface area contributed by atoms with Gasteiger partial charge in [0.15, 0.2) is 5.43 Å². The largest absolute Gasteiger partial charge is 0.497 e. The third kappa shape index (κ3) is 3.81. The summed E-state index contributed by atoms with van der Waals surface area (Å²) in [6.07, 6.45) is 3.88. The van der Waals surface area contributed by atoms with E-state index in [1.165, 1.54) is 27.8 Å². The van der Waals surface area contributed by atoms with E-state index in [0.29, 0.717) is 5.56 Å². The van der Waals surface area contributed by atoms with Crippen LogP contribution in [0.3, 0.4) is 0 Å². The highest BCUT2D eigenvalue weighted by Gasteiger charge is 2.33. The van der Waals surface area contributed by atoms with Crippen LogP contribution < -0.4 is 10.2 Å². The summed E-state index contributed by atoms with van der Waals surface area (Å²) in [5.41, 5.74) is 8.82. The lowest BCUT2D eigenvalue weighted by Gasteiger charge is -2.39. The molecule has 1 atom stereocenters. The number of pyridine rings is 1. The highest BCUT2D eigenvalue weighted by Crippen LogP contribution is 2.44. The summed E-state index contributed by atoms with van der Waals surface area (Å²) in [4.78, 5) is 12.9. The minimum Gasteiger partial charge on any atom is -0.497 e. The van der Waals surface area contributed by atoms with Crippen molar-refractivity contribution in [1.29, 1.82) is 0 Å². The van der Waals surface area contributed by atoms with Crippen molar-refractivity contribution < 1.29 is 4.74 Å². The van der Waals surface area contributed by atoms with Gasteiger partial charge in [-0.25, -0.2) is 0 Å². The first kappa shape index (κ1) is 22.1. The van der Waals surface area contributed by atoms with E-state index < -0.39 is 0 Å². The highest BCUT2D eigenvalue weighted by atomic mass is 16.5. The Kier molecular flexibility index (Phi) is 5.62. The predicted molar refractivity (Wildman–Crippen MR) is 134 cm³/mol. The number of ether oxygens (including phenoxy) is 1. The van der Waals surface area contributed by atoms with Crippen LogP contribution in [-0.2, 0) is 12.8 Å². The molecule has 0 spiro atoms. The Morgan fingerprint density at radius 3 is 2.38 bits per heavy atom. The van der Waals surface area contributed by atoms with E-state index in [9.17, 15) is 4.79 Å². The first-order valence-electron chi connectivity index (χ1n) is 11.4. The van der Waals surface area contributed by atoms with E-state index in [1.54, 1.807) is 7.11 Å². The summed E-state index contributed by atoms with van der Waals surface area (Å²) in [5, 5.41) is 0. The summed E-state index contributed by atoms with van der Waals surface area (Å²) in [6.45, 7) is 14.9. The number of nitrogens with zero attached hydrogens (tertiary/aromatic N) is 1. The smallest absolute Gasteiger partial charge is 0.189 e. The van der Waals surface area contributed by atoms with Crippen LogP contribution in [0.4, 0.5) is 0 Å². The van der Waals surface area contributed by atoms with Gasteiger partial charge in [-0.3, -0.25) is 4.79 Å². The van der Waals surface area contributed by atoms with Crippen molar-refractivity contribution >= 4 is 5.57 Å². The lowest BCUT2D eigenvalue weighted by atomic mass is 9.77. The predicted octanol–water partition coefficient (Wildman–Crippen LogP) is 6.93. The fraction of sp³-hybridized carbons (Fsp3) is 0.345. The van der Waals surface area contributed by atoms with Crippen LogP contribution in [0.1, 0.15) is 57.4 Å². The maximum atomic E-state index is 12.9. The Hall–Kier alpha value is -3.07. The number of benzene rings is 2. The number of fused-ring (bicyclic) bond motifs is 3. The van der Waals surface area contributed by atoms with Crippen LogP contribution in [0.2, 0.25) is 0 Å². The Morgan fingerprint density at radius 1 is 1.12 bits per heavy atom. The molecule has 2 aromatic carbocycles. The van der Waals surface area contributed by atoms with Crippen LogP contribution in [0.15, 0.2) is 60.0 Å². The van der Waals surface area contributed by atoms with Crippen LogP contribution in [-0.4, -0.2) is 11.7 Å². The molecule has 2 heterocycles. The molecule has 3 heteroatoms. The van der Waals surface area contributed by atoms with Crippen molar-refractivity contribution in [2.24, 2.45) is 5.41 Å². The summed E-state index contributed by atoms with van der Waals surface area (Å²) < 4.78 is 7.66. The average molecular weight is 428 g/mol. The van der Waals surface area contributed by atoms with Crippen molar-refractivity contribution in [3.63, 3.8) is 0 Å². The van der Waals surface area contributed by atoms with Crippen molar-refractivity contribution in [2.75, 3.05) is 7.11 Å². The molecule has 0 saturated heterocycles. The van der Waals surface area contributed by atoms with Gasteiger partial charge in [0, 0.05) is 29.4 Å². The normalized spacial score (nSPS) is 15.1. The topological polar surface area (TPSA) is 31.2 Å². The number of rotatable bonds is 4. The van der Waals surface area contributed by atoms with Crippen molar-refractivity contribution in [3.8, 4) is 28.1 Å². The average Bonchev–Trinajstić information content (AvgIpc) is 2.76. The minimum atomic E-state index is 0.0392. The van der Waals surface area contributed by atoms with Gasteiger partial charge in [-0.2, -0.15) is 0 Å². The molecule has 32 heavy (non-hydrogen) atoms. The van der Waals surface area contributed by atoms with Gasteiger partial charge in [-0.1, -0.05) is 52.5 Å². The Bertz CT molecular complexity index is 1240. The van der Waals surface area contributed by atoms with Gasteiger partial charge in [-0.15, -0.1) is 0 Å². The van der Waals surface area contributed by atoms with E-state index in [1.807, 2.05) is 31.3 Å². The zero-order chi connectivity index (χ0) is 23.2. The van der Waals surface area contributed by atoms with Gasteiger partial charge >= 0.3 is 0 Å². The number of hydrogen-bond donors (Lipinski definition) is 0. The second-order valence-electron chi connectivity index (χ2n) is 9.96. The third-order valence-electron chi connectivity index (χ3n) is 6.68. The van der Waals surface area contributed by atoms with Crippen LogP contribution in [0, 0.1) is 5.41 Å². The van der Waals surface area contributed by atoms with Gasteiger partial charge in [0.2, 0.25) is 0 Å². The second-order valence-corrected chi connectivity index (χ2v) is 9.96. The monoisotopic (exact) mass is 427 g/mol. The molecule has 0 aliphatic carbocycles. The number of allylic oxidation sites excluding steroid dienone is 1. The first-order valence-corrected chi connectivity index (χ1v) is 11.4.